The molecule has 2 nitrogen and oxygen atoms in total. The van der Waals surface area contributed by atoms with Crippen molar-refractivity contribution < 1.29 is 5.11 Å². The number of hydrogen-bond donors (Lipinski definition) is 2. The number of benzene rings is 2. The van der Waals surface area contributed by atoms with Gasteiger partial charge >= 0.3 is 0 Å². The Morgan fingerprint density at radius 3 is 2.35 bits per heavy atom. The van der Waals surface area contributed by atoms with Crippen molar-refractivity contribution in [1.82, 2.24) is 5.32 Å². The van der Waals surface area contributed by atoms with Crippen LogP contribution in [0.5, 0.6) is 0 Å². The minimum absolute atomic E-state index is 0.00361. The zero-order valence-electron chi connectivity index (χ0n) is 12.0. The van der Waals surface area contributed by atoms with Crippen LogP contribution >= 0.6 is 0 Å². The summed E-state index contributed by atoms with van der Waals surface area (Å²) in [7, 11) is 0. The van der Waals surface area contributed by atoms with Crippen LogP contribution in [0.1, 0.15) is 54.2 Å². The summed E-state index contributed by atoms with van der Waals surface area (Å²) in [4.78, 5) is 0. The van der Waals surface area contributed by atoms with Crippen LogP contribution in [0.4, 0.5) is 0 Å². The average Bonchev–Trinajstić information content (AvgIpc) is 2.90. The van der Waals surface area contributed by atoms with Crippen LogP contribution in [0.25, 0.3) is 0 Å². The van der Waals surface area contributed by atoms with Crippen LogP contribution in [-0.2, 0) is 6.54 Å². The Labute approximate surface area is 120 Å². The molecule has 0 amide bonds. The Morgan fingerprint density at radius 2 is 1.65 bits per heavy atom. The minimum Gasteiger partial charge on any atom is -0.386 e. The van der Waals surface area contributed by atoms with E-state index in [1.54, 1.807) is 0 Å². The number of aliphatic hydroxyl groups is 1. The highest BCUT2D eigenvalue weighted by Crippen LogP contribution is 2.35. The van der Waals surface area contributed by atoms with Crippen LogP contribution in [0.3, 0.4) is 0 Å². The monoisotopic (exact) mass is 267 g/mol. The molecule has 1 heterocycles. The van der Waals surface area contributed by atoms with Crippen LogP contribution in [0, 0.1) is 0 Å². The van der Waals surface area contributed by atoms with E-state index in [-0.39, 0.29) is 6.04 Å². The van der Waals surface area contributed by atoms with Crippen molar-refractivity contribution in [2.45, 2.75) is 38.5 Å². The summed E-state index contributed by atoms with van der Waals surface area (Å²) >= 11 is 0. The fraction of sp³-hybridized carbons (Fsp3) is 0.333. The lowest BCUT2D eigenvalue weighted by molar-refractivity contribution is 0.133. The summed E-state index contributed by atoms with van der Waals surface area (Å²) in [6.07, 6.45) is -0.500. The van der Waals surface area contributed by atoms with Gasteiger partial charge < -0.3 is 10.4 Å². The third kappa shape index (κ3) is 2.37. The Bertz CT molecular complexity index is 589. The largest absolute Gasteiger partial charge is 0.386 e. The van der Waals surface area contributed by atoms with E-state index < -0.39 is 6.10 Å². The molecule has 2 aromatic rings. The molecule has 0 radical (unpaired) electrons. The van der Waals surface area contributed by atoms with Gasteiger partial charge in [-0.2, -0.15) is 0 Å². The van der Waals surface area contributed by atoms with Gasteiger partial charge in [-0.05, 0) is 28.2 Å². The standard InChI is InChI=1S/C18H21NO/c1-12(2)13-7-9-14(10-8-13)18(20)17-16-6-4-3-5-15(16)11-19-17/h3-10,12,17-20H,11H2,1-2H3. The van der Waals surface area contributed by atoms with Gasteiger partial charge in [0.15, 0.2) is 0 Å². The first-order valence-corrected chi connectivity index (χ1v) is 7.26. The molecular formula is C18H21NO. The molecule has 0 aromatic heterocycles. The SMILES string of the molecule is CC(C)c1ccc(C(O)C2NCc3ccccc32)cc1. The van der Waals surface area contributed by atoms with Crippen molar-refractivity contribution >= 4 is 0 Å². The second-order valence-electron chi connectivity index (χ2n) is 5.82. The lowest BCUT2D eigenvalue weighted by atomic mass is 9.94. The third-order valence-corrected chi connectivity index (χ3v) is 4.16. The predicted octanol–water partition coefficient (Wildman–Crippen LogP) is 3.69. The highest BCUT2D eigenvalue weighted by molar-refractivity contribution is 5.37. The second kappa shape index (κ2) is 5.39. The highest BCUT2D eigenvalue weighted by atomic mass is 16.3. The summed E-state index contributed by atoms with van der Waals surface area (Å²) in [6.45, 7) is 5.20. The third-order valence-electron chi connectivity index (χ3n) is 4.16. The molecule has 2 N–H and O–H groups in total. The maximum atomic E-state index is 10.6. The zero-order chi connectivity index (χ0) is 14.1. The van der Waals surface area contributed by atoms with E-state index >= 15 is 0 Å². The topological polar surface area (TPSA) is 32.3 Å². The molecule has 0 aliphatic carbocycles. The van der Waals surface area contributed by atoms with Gasteiger partial charge in [0.2, 0.25) is 0 Å². The van der Waals surface area contributed by atoms with Crippen LogP contribution in [-0.4, -0.2) is 5.11 Å². The molecular weight excluding hydrogens is 246 g/mol. The minimum atomic E-state index is -0.500. The molecule has 0 spiro atoms. The van der Waals surface area contributed by atoms with Crippen molar-refractivity contribution in [3.8, 4) is 0 Å². The lowest BCUT2D eigenvalue weighted by Crippen LogP contribution is -2.20. The summed E-state index contributed by atoms with van der Waals surface area (Å²) in [6, 6.07) is 16.6. The lowest BCUT2D eigenvalue weighted by Gasteiger charge is -2.20. The van der Waals surface area contributed by atoms with Crippen LogP contribution in [0.15, 0.2) is 48.5 Å². The second-order valence-corrected chi connectivity index (χ2v) is 5.82. The smallest absolute Gasteiger partial charge is 0.0984 e. The molecule has 0 fully saturated rings. The van der Waals surface area contributed by atoms with Crippen molar-refractivity contribution in [2.24, 2.45) is 0 Å². The fourth-order valence-electron chi connectivity index (χ4n) is 2.88. The zero-order valence-corrected chi connectivity index (χ0v) is 12.0. The Kier molecular flexibility index (Phi) is 3.60. The van der Waals surface area contributed by atoms with E-state index in [9.17, 15) is 5.11 Å². The number of aliphatic hydroxyl groups excluding tert-OH is 1. The average molecular weight is 267 g/mol. The molecule has 0 saturated heterocycles. The first-order chi connectivity index (χ1) is 9.66. The van der Waals surface area contributed by atoms with E-state index in [0.717, 1.165) is 12.1 Å². The fourth-order valence-corrected chi connectivity index (χ4v) is 2.88. The molecule has 2 aromatic carbocycles. The van der Waals surface area contributed by atoms with E-state index in [2.05, 4.69) is 43.4 Å². The number of rotatable bonds is 3. The van der Waals surface area contributed by atoms with Crippen molar-refractivity contribution in [3.05, 3.63) is 70.8 Å². The van der Waals surface area contributed by atoms with E-state index in [1.807, 2.05) is 24.3 Å². The molecule has 0 saturated carbocycles. The Balaban J connectivity index is 1.85. The summed E-state index contributed by atoms with van der Waals surface area (Å²) in [5.41, 5.74) is 4.78. The Morgan fingerprint density at radius 1 is 1.00 bits per heavy atom. The molecule has 20 heavy (non-hydrogen) atoms. The van der Waals surface area contributed by atoms with Crippen molar-refractivity contribution in [3.63, 3.8) is 0 Å². The van der Waals surface area contributed by atoms with Gasteiger partial charge in [0.1, 0.15) is 0 Å². The van der Waals surface area contributed by atoms with E-state index in [0.29, 0.717) is 5.92 Å². The van der Waals surface area contributed by atoms with Gasteiger partial charge in [-0.25, -0.2) is 0 Å². The first-order valence-electron chi connectivity index (χ1n) is 7.26. The highest BCUT2D eigenvalue weighted by Gasteiger charge is 2.28. The van der Waals surface area contributed by atoms with Gasteiger partial charge in [-0.1, -0.05) is 62.4 Å². The molecule has 3 rings (SSSR count). The molecule has 2 atom stereocenters. The quantitative estimate of drug-likeness (QED) is 0.889. The summed E-state index contributed by atoms with van der Waals surface area (Å²) < 4.78 is 0. The molecule has 2 heteroatoms. The van der Waals surface area contributed by atoms with Crippen molar-refractivity contribution in [1.29, 1.82) is 0 Å². The van der Waals surface area contributed by atoms with E-state index in [4.69, 9.17) is 0 Å². The molecule has 1 aliphatic heterocycles. The number of hydrogen-bond acceptors (Lipinski definition) is 2. The maximum absolute atomic E-state index is 10.6. The van der Waals surface area contributed by atoms with Crippen molar-refractivity contribution in [2.75, 3.05) is 0 Å². The van der Waals surface area contributed by atoms with Gasteiger partial charge in [0.05, 0.1) is 12.1 Å². The van der Waals surface area contributed by atoms with Gasteiger partial charge in [0.25, 0.3) is 0 Å². The molecule has 2 unspecified atom stereocenters. The van der Waals surface area contributed by atoms with Crippen LogP contribution in [0.2, 0.25) is 0 Å². The number of fused-ring (bicyclic) bond motifs is 1. The molecule has 104 valence electrons. The molecule has 0 bridgehead atoms. The van der Waals surface area contributed by atoms with Gasteiger partial charge in [-0.3, -0.25) is 0 Å². The normalized spacial score (nSPS) is 19.1. The van der Waals surface area contributed by atoms with Crippen LogP contribution < -0.4 is 5.32 Å². The number of nitrogens with one attached hydrogen (secondary N) is 1. The Hall–Kier alpha value is -1.64. The predicted molar refractivity (Wildman–Crippen MR) is 81.5 cm³/mol. The molecule has 1 aliphatic rings. The maximum Gasteiger partial charge on any atom is 0.0984 e. The van der Waals surface area contributed by atoms with Gasteiger partial charge in [-0.15, -0.1) is 0 Å². The van der Waals surface area contributed by atoms with Gasteiger partial charge in [0, 0.05) is 6.54 Å². The first kappa shape index (κ1) is 13.3. The summed E-state index contributed by atoms with van der Waals surface area (Å²) in [5.74, 6) is 0.520. The van der Waals surface area contributed by atoms with E-state index in [1.165, 1.54) is 16.7 Å². The summed E-state index contributed by atoms with van der Waals surface area (Å²) in [5, 5.41) is 14.0.